The molecule has 0 bridgehead atoms. The van der Waals surface area contributed by atoms with Crippen LogP contribution in [0.4, 0.5) is 15.8 Å². The molecule has 0 radical (unpaired) electrons. The van der Waals surface area contributed by atoms with Crippen molar-refractivity contribution in [2.45, 2.75) is 12.5 Å². The fraction of sp³-hybridized carbons (Fsp3) is 0.167. The number of nitrogen functional groups attached to an aromatic ring is 1. The number of carbonyl (C=O) groups is 1. The van der Waals surface area contributed by atoms with E-state index in [9.17, 15) is 9.18 Å². The fourth-order valence-electron chi connectivity index (χ4n) is 2.67. The summed E-state index contributed by atoms with van der Waals surface area (Å²) in [4.78, 5) is 14.3. The van der Waals surface area contributed by atoms with Gasteiger partial charge >= 0.3 is 0 Å². The molecule has 0 saturated carbocycles. The van der Waals surface area contributed by atoms with Gasteiger partial charge in [-0.25, -0.2) is 4.39 Å². The minimum atomic E-state index is -0.717. The average Bonchev–Trinajstić information content (AvgIpc) is 2.51. The van der Waals surface area contributed by atoms with Gasteiger partial charge in [0.1, 0.15) is 11.6 Å². The maximum Gasteiger partial charge on any atom is 0.268 e. The van der Waals surface area contributed by atoms with Crippen LogP contribution in [-0.4, -0.2) is 18.6 Å². The van der Waals surface area contributed by atoms with Crippen molar-refractivity contribution >= 4 is 17.3 Å². The summed E-state index contributed by atoms with van der Waals surface area (Å²) in [7, 11) is 0. The van der Waals surface area contributed by atoms with Crippen molar-refractivity contribution in [2.75, 3.05) is 17.2 Å². The number of ether oxygens (including phenoxy) is 1. The molecular formula is C18H17FN2O2. The van der Waals surface area contributed by atoms with Crippen LogP contribution >= 0.6 is 0 Å². The van der Waals surface area contributed by atoms with E-state index in [4.69, 9.17) is 10.5 Å². The maximum absolute atomic E-state index is 13.3. The van der Waals surface area contributed by atoms with E-state index in [1.54, 1.807) is 41.3 Å². The third-order valence-electron chi connectivity index (χ3n) is 3.71. The van der Waals surface area contributed by atoms with Crippen LogP contribution in [0.3, 0.4) is 0 Å². The number of hydrogen-bond donors (Lipinski definition) is 1. The van der Waals surface area contributed by atoms with Crippen LogP contribution in [0, 0.1) is 5.82 Å². The summed E-state index contributed by atoms with van der Waals surface area (Å²) in [6.07, 6.45) is 1.23. The number of amides is 1. The predicted molar refractivity (Wildman–Crippen MR) is 87.9 cm³/mol. The van der Waals surface area contributed by atoms with Crippen molar-refractivity contribution in [3.05, 3.63) is 66.5 Å². The van der Waals surface area contributed by atoms with E-state index in [1.165, 1.54) is 12.1 Å². The Labute approximate surface area is 134 Å². The molecule has 0 spiro atoms. The van der Waals surface area contributed by atoms with E-state index < -0.39 is 6.10 Å². The molecule has 23 heavy (non-hydrogen) atoms. The summed E-state index contributed by atoms with van der Waals surface area (Å²) < 4.78 is 19.2. The number of anilines is 2. The first-order valence-electron chi connectivity index (χ1n) is 7.31. The van der Waals surface area contributed by atoms with E-state index in [-0.39, 0.29) is 11.7 Å². The molecule has 2 aromatic rings. The summed E-state index contributed by atoms with van der Waals surface area (Å²) in [6.45, 7) is 4.07. The number of rotatable bonds is 4. The average molecular weight is 312 g/mol. The molecule has 1 aliphatic rings. The quantitative estimate of drug-likeness (QED) is 0.697. The summed E-state index contributed by atoms with van der Waals surface area (Å²) in [5, 5.41) is 0. The summed E-state index contributed by atoms with van der Waals surface area (Å²) in [5.74, 6) is 0.0395. The van der Waals surface area contributed by atoms with Crippen LogP contribution in [-0.2, 0) is 11.2 Å². The summed E-state index contributed by atoms with van der Waals surface area (Å²) in [6, 6.07) is 11.3. The molecule has 1 aliphatic heterocycles. The number of nitrogens with two attached hydrogens (primary N) is 1. The van der Waals surface area contributed by atoms with Gasteiger partial charge in [-0.05, 0) is 29.8 Å². The van der Waals surface area contributed by atoms with Gasteiger partial charge in [0, 0.05) is 24.7 Å². The number of hydrogen-bond acceptors (Lipinski definition) is 3. The normalized spacial score (nSPS) is 16.7. The van der Waals surface area contributed by atoms with Crippen molar-refractivity contribution in [1.29, 1.82) is 0 Å². The molecule has 5 heteroatoms. The standard InChI is InChI=1S/C18H17FN2O2/c1-2-8-21-15-7-6-14(20)11-16(15)23-17(18(21)22)10-12-4-3-5-13(19)9-12/h2-7,9,11,17H,1,8,10,20H2. The van der Waals surface area contributed by atoms with Crippen molar-refractivity contribution < 1.29 is 13.9 Å². The van der Waals surface area contributed by atoms with Crippen LogP contribution in [0.2, 0.25) is 0 Å². The topological polar surface area (TPSA) is 55.6 Å². The lowest BCUT2D eigenvalue weighted by Gasteiger charge is -2.34. The number of benzene rings is 2. The molecule has 1 unspecified atom stereocenters. The van der Waals surface area contributed by atoms with Crippen LogP contribution < -0.4 is 15.4 Å². The van der Waals surface area contributed by atoms with Gasteiger partial charge in [0.25, 0.3) is 5.91 Å². The molecule has 1 atom stereocenters. The van der Waals surface area contributed by atoms with Crippen molar-refractivity contribution in [3.8, 4) is 5.75 Å². The van der Waals surface area contributed by atoms with Gasteiger partial charge in [0.05, 0.1) is 5.69 Å². The molecule has 0 aromatic heterocycles. The Morgan fingerprint density at radius 1 is 1.30 bits per heavy atom. The number of halogens is 1. The van der Waals surface area contributed by atoms with Crippen LogP contribution in [0.1, 0.15) is 5.56 Å². The van der Waals surface area contributed by atoms with Crippen LogP contribution in [0.15, 0.2) is 55.1 Å². The van der Waals surface area contributed by atoms with Gasteiger partial charge in [-0.15, -0.1) is 6.58 Å². The van der Waals surface area contributed by atoms with Gasteiger partial charge in [0.15, 0.2) is 6.10 Å². The Bertz CT molecular complexity index is 760. The van der Waals surface area contributed by atoms with E-state index in [1.807, 2.05) is 0 Å². The zero-order chi connectivity index (χ0) is 16.4. The molecule has 1 amide bonds. The van der Waals surface area contributed by atoms with Gasteiger partial charge < -0.3 is 15.4 Å². The predicted octanol–water partition coefficient (Wildman–Crippen LogP) is 2.93. The molecule has 4 nitrogen and oxygen atoms in total. The van der Waals surface area contributed by atoms with Gasteiger partial charge in [-0.1, -0.05) is 18.2 Å². The highest BCUT2D eigenvalue weighted by atomic mass is 19.1. The third-order valence-corrected chi connectivity index (χ3v) is 3.71. The first-order chi connectivity index (χ1) is 11.1. The molecule has 2 aromatic carbocycles. The second-order valence-electron chi connectivity index (χ2n) is 5.41. The highest BCUT2D eigenvalue weighted by Crippen LogP contribution is 2.36. The van der Waals surface area contributed by atoms with E-state index in [2.05, 4.69) is 6.58 Å². The highest BCUT2D eigenvalue weighted by molar-refractivity contribution is 6.00. The second kappa shape index (κ2) is 6.12. The van der Waals surface area contributed by atoms with E-state index in [0.29, 0.717) is 35.7 Å². The summed E-state index contributed by atoms with van der Waals surface area (Å²) >= 11 is 0. The van der Waals surface area contributed by atoms with Crippen LogP contribution in [0.25, 0.3) is 0 Å². The zero-order valence-electron chi connectivity index (χ0n) is 12.5. The highest BCUT2D eigenvalue weighted by Gasteiger charge is 2.34. The largest absolute Gasteiger partial charge is 0.478 e. The number of nitrogens with zero attached hydrogens (tertiary/aromatic N) is 1. The molecule has 118 valence electrons. The Balaban J connectivity index is 1.93. The van der Waals surface area contributed by atoms with Gasteiger partial charge in [-0.2, -0.15) is 0 Å². The molecule has 3 rings (SSSR count). The Morgan fingerprint density at radius 3 is 2.87 bits per heavy atom. The number of fused-ring (bicyclic) bond motifs is 1. The van der Waals surface area contributed by atoms with Gasteiger partial charge in [-0.3, -0.25) is 4.79 Å². The molecule has 0 saturated heterocycles. The monoisotopic (exact) mass is 312 g/mol. The third kappa shape index (κ3) is 3.04. The molecule has 1 heterocycles. The lowest BCUT2D eigenvalue weighted by atomic mass is 10.0. The van der Waals surface area contributed by atoms with Crippen molar-refractivity contribution in [2.24, 2.45) is 0 Å². The second-order valence-corrected chi connectivity index (χ2v) is 5.41. The molecule has 0 fully saturated rings. The smallest absolute Gasteiger partial charge is 0.268 e. The lowest BCUT2D eigenvalue weighted by molar-refractivity contribution is -0.126. The lowest BCUT2D eigenvalue weighted by Crippen LogP contribution is -2.47. The van der Waals surface area contributed by atoms with Crippen molar-refractivity contribution in [1.82, 2.24) is 0 Å². The molecule has 2 N–H and O–H groups in total. The molecule has 0 aliphatic carbocycles. The number of carbonyl (C=O) groups excluding carboxylic acids is 1. The Morgan fingerprint density at radius 2 is 2.13 bits per heavy atom. The Kier molecular flexibility index (Phi) is 4.02. The Hall–Kier alpha value is -2.82. The molecular weight excluding hydrogens is 295 g/mol. The maximum atomic E-state index is 13.3. The van der Waals surface area contributed by atoms with Crippen LogP contribution in [0.5, 0.6) is 5.75 Å². The van der Waals surface area contributed by atoms with Gasteiger partial charge in [0.2, 0.25) is 0 Å². The van der Waals surface area contributed by atoms with Crippen molar-refractivity contribution in [3.63, 3.8) is 0 Å². The summed E-state index contributed by atoms with van der Waals surface area (Å²) in [5.41, 5.74) is 7.73. The zero-order valence-corrected chi connectivity index (χ0v) is 12.5. The first-order valence-corrected chi connectivity index (χ1v) is 7.31. The van der Waals surface area contributed by atoms with E-state index >= 15 is 0 Å². The van der Waals surface area contributed by atoms with E-state index in [0.717, 1.165) is 0 Å². The SMILES string of the molecule is C=CCN1C(=O)C(Cc2cccc(F)c2)Oc2cc(N)ccc21. The first kappa shape index (κ1) is 15.1. The minimum Gasteiger partial charge on any atom is -0.478 e. The minimum absolute atomic E-state index is 0.175. The fourth-order valence-corrected chi connectivity index (χ4v) is 2.67.